The average molecular weight is 357 g/mol. The molecule has 0 bridgehead atoms. The fourth-order valence-corrected chi connectivity index (χ4v) is 2.70. The number of ether oxygens (including phenoxy) is 1. The van der Waals surface area contributed by atoms with Gasteiger partial charge in [0.05, 0.1) is 29.1 Å². The Bertz CT molecular complexity index is 643. The van der Waals surface area contributed by atoms with E-state index >= 15 is 0 Å². The van der Waals surface area contributed by atoms with Crippen LogP contribution in [0, 0.1) is 12.7 Å². The van der Waals surface area contributed by atoms with Crippen LogP contribution in [0.2, 0.25) is 0 Å². The van der Waals surface area contributed by atoms with Crippen LogP contribution >= 0.6 is 15.9 Å². The molecular weight excluding hydrogens is 339 g/mol. The van der Waals surface area contributed by atoms with Gasteiger partial charge in [0.1, 0.15) is 0 Å². The summed E-state index contributed by atoms with van der Waals surface area (Å²) in [7, 11) is 1.41. The number of aromatic nitrogens is 2. The summed E-state index contributed by atoms with van der Waals surface area (Å²) in [6.45, 7) is 4.60. The highest BCUT2D eigenvalue weighted by Gasteiger charge is 2.18. The molecule has 2 aromatic rings. The van der Waals surface area contributed by atoms with Crippen molar-refractivity contribution in [2.45, 2.75) is 32.9 Å². The molecule has 0 fully saturated rings. The predicted octanol–water partition coefficient (Wildman–Crippen LogP) is 3.40. The molecule has 0 amide bonds. The number of aryl methyl sites for hydroxylation is 2. The number of hydrogen-bond donors (Lipinski definition) is 1. The van der Waals surface area contributed by atoms with Gasteiger partial charge in [-0.2, -0.15) is 5.10 Å². The minimum absolute atomic E-state index is 0.168. The molecule has 114 valence electrons. The second-order valence-electron chi connectivity index (χ2n) is 4.78. The van der Waals surface area contributed by atoms with Crippen LogP contribution in [0.4, 0.5) is 4.39 Å². The standard InChI is InChI=1S/C15H18BrFN2O2/c1-4-19-12(15(16)9(2)18-19)8-13(20)10-5-6-14(21-3)11(17)7-10/h5-7,13,20H,4,8H2,1-3H3. The lowest BCUT2D eigenvalue weighted by Gasteiger charge is -2.13. The number of hydrogen-bond acceptors (Lipinski definition) is 3. The number of benzene rings is 1. The first kappa shape index (κ1) is 16.0. The quantitative estimate of drug-likeness (QED) is 0.892. The number of nitrogens with zero attached hydrogens (tertiary/aromatic N) is 2. The summed E-state index contributed by atoms with van der Waals surface area (Å²) >= 11 is 3.49. The molecule has 0 aliphatic rings. The summed E-state index contributed by atoms with van der Waals surface area (Å²) in [6.07, 6.45) is -0.441. The number of methoxy groups -OCH3 is 1. The maximum absolute atomic E-state index is 13.7. The van der Waals surface area contributed by atoms with E-state index in [4.69, 9.17) is 4.74 Å². The second-order valence-corrected chi connectivity index (χ2v) is 5.57. The first-order valence-electron chi connectivity index (χ1n) is 6.71. The molecule has 2 rings (SSSR count). The molecule has 4 nitrogen and oxygen atoms in total. The van der Waals surface area contributed by atoms with Crippen LogP contribution in [0.1, 0.15) is 30.0 Å². The highest BCUT2D eigenvalue weighted by atomic mass is 79.9. The van der Waals surface area contributed by atoms with Gasteiger partial charge in [-0.25, -0.2) is 4.39 Å². The fraction of sp³-hybridized carbons (Fsp3) is 0.400. The third-order valence-electron chi connectivity index (χ3n) is 3.40. The molecule has 6 heteroatoms. The Labute approximate surface area is 131 Å². The summed E-state index contributed by atoms with van der Waals surface area (Å²) in [4.78, 5) is 0. The highest BCUT2D eigenvalue weighted by molar-refractivity contribution is 9.10. The van der Waals surface area contributed by atoms with Crippen molar-refractivity contribution >= 4 is 15.9 Å². The van der Waals surface area contributed by atoms with Crippen molar-refractivity contribution < 1.29 is 14.2 Å². The zero-order valence-electron chi connectivity index (χ0n) is 12.2. The van der Waals surface area contributed by atoms with E-state index in [1.165, 1.54) is 19.2 Å². The molecule has 1 atom stereocenters. The Morgan fingerprint density at radius 2 is 2.19 bits per heavy atom. The summed E-state index contributed by atoms with van der Waals surface area (Å²) in [6, 6.07) is 4.49. The van der Waals surface area contributed by atoms with Gasteiger partial charge in [-0.1, -0.05) is 6.07 Å². The van der Waals surface area contributed by atoms with E-state index in [1.807, 2.05) is 18.5 Å². The van der Waals surface area contributed by atoms with Gasteiger partial charge in [0, 0.05) is 13.0 Å². The normalized spacial score (nSPS) is 12.5. The van der Waals surface area contributed by atoms with Gasteiger partial charge < -0.3 is 9.84 Å². The van der Waals surface area contributed by atoms with E-state index < -0.39 is 11.9 Å². The summed E-state index contributed by atoms with van der Waals surface area (Å²) < 4.78 is 21.3. The molecule has 0 radical (unpaired) electrons. The zero-order chi connectivity index (χ0) is 15.6. The molecule has 0 aliphatic carbocycles. The molecule has 1 unspecified atom stereocenters. The van der Waals surface area contributed by atoms with E-state index in [2.05, 4.69) is 21.0 Å². The lowest BCUT2D eigenvalue weighted by atomic mass is 10.0. The number of aliphatic hydroxyl groups is 1. The van der Waals surface area contributed by atoms with Crippen molar-refractivity contribution in [3.8, 4) is 5.75 Å². The molecule has 0 saturated heterocycles. The maximum Gasteiger partial charge on any atom is 0.165 e. The summed E-state index contributed by atoms with van der Waals surface area (Å²) in [5.74, 6) is -0.310. The molecular formula is C15H18BrFN2O2. The van der Waals surface area contributed by atoms with Gasteiger partial charge >= 0.3 is 0 Å². The third-order valence-corrected chi connectivity index (χ3v) is 4.43. The van der Waals surface area contributed by atoms with Crippen molar-refractivity contribution in [2.24, 2.45) is 0 Å². The first-order chi connectivity index (χ1) is 9.97. The van der Waals surface area contributed by atoms with Gasteiger partial charge in [0.2, 0.25) is 0 Å². The molecule has 1 aromatic heterocycles. The summed E-state index contributed by atoms with van der Waals surface area (Å²) in [5.41, 5.74) is 2.29. The lowest BCUT2D eigenvalue weighted by molar-refractivity contribution is 0.174. The second kappa shape index (κ2) is 6.58. The van der Waals surface area contributed by atoms with Crippen molar-refractivity contribution in [2.75, 3.05) is 7.11 Å². The van der Waals surface area contributed by atoms with Crippen LogP contribution in [0.5, 0.6) is 5.75 Å². The molecule has 0 aliphatic heterocycles. The minimum Gasteiger partial charge on any atom is -0.494 e. The number of halogens is 2. The topological polar surface area (TPSA) is 47.3 Å². The van der Waals surface area contributed by atoms with E-state index in [9.17, 15) is 9.50 Å². The summed E-state index contributed by atoms with van der Waals surface area (Å²) in [5, 5.41) is 14.7. The molecule has 1 aromatic carbocycles. The first-order valence-corrected chi connectivity index (χ1v) is 7.50. The Morgan fingerprint density at radius 1 is 1.48 bits per heavy atom. The smallest absolute Gasteiger partial charge is 0.165 e. The van der Waals surface area contributed by atoms with E-state index in [1.54, 1.807) is 6.07 Å². The van der Waals surface area contributed by atoms with Gasteiger partial charge in [-0.05, 0) is 47.5 Å². The number of aliphatic hydroxyl groups excluding tert-OH is 1. The van der Waals surface area contributed by atoms with E-state index in [-0.39, 0.29) is 5.75 Å². The van der Waals surface area contributed by atoms with Gasteiger partial charge in [0.15, 0.2) is 11.6 Å². The van der Waals surface area contributed by atoms with Gasteiger partial charge in [-0.3, -0.25) is 4.68 Å². The molecule has 21 heavy (non-hydrogen) atoms. The van der Waals surface area contributed by atoms with Crippen LogP contribution in [-0.2, 0) is 13.0 Å². The molecule has 1 heterocycles. The zero-order valence-corrected chi connectivity index (χ0v) is 13.8. The van der Waals surface area contributed by atoms with Crippen molar-refractivity contribution in [1.82, 2.24) is 9.78 Å². The van der Waals surface area contributed by atoms with E-state index in [0.29, 0.717) is 18.5 Å². The Balaban J connectivity index is 2.25. The predicted molar refractivity (Wildman–Crippen MR) is 82.0 cm³/mol. The van der Waals surface area contributed by atoms with Crippen molar-refractivity contribution in [3.05, 3.63) is 45.4 Å². The largest absolute Gasteiger partial charge is 0.494 e. The SMILES string of the molecule is CCn1nc(C)c(Br)c1CC(O)c1ccc(OC)c(F)c1. The lowest BCUT2D eigenvalue weighted by Crippen LogP contribution is -2.09. The third kappa shape index (κ3) is 3.27. The Morgan fingerprint density at radius 3 is 2.76 bits per heavy atom. The molecule has 0 spiro atoms. The molecule has 1 N–H and O–H groups in total. The fourth-order valence-electron chi connectivity index (χ4n) is 2.25. The van der Waals surface area contributed by atoms with Crippen LogP contribution in [0.3, 0.4) is 0 Å². The monoisotopic (exact) mass is 356 g/mol. The number of rotatable bonds is 5. The van der Waals surface area contributed by atoms with Gasteiger partial charge in [-0.15, -0.1) is 0 Å². The van der Waals surface area contributed by atoms with Crippen molar-refractivity contribution in [3.63, 3.8) is 0 Å². The highest BCUT2D eigenvalue weighted by Crippen LogP contribution is 2.28. The van der Waals surface area contributed by atoms with Crippen LogP contribution in [0.25, 0.3) is 0 Å². The van der Waals surface area contributed by atoms with Crippen LogP contribution < -0.4 is 4.74 Å². The van der Waals surface area contributed by atoms with Crippen LogP contribution in [0.15, 0.2) is 22.7 Å². The minimum atomic E-state index is -0.803. The van der Waals surface area contributed by atoms with Gasteiger partial charge in [0.25, 0.3) is 0 Å². The average Bonchev–Trinajstić information content (AvgIpc) is 2.74. The molecule has 0 saturated carbocycles. The van der Waals surface area contributed by atoms with Crippen LogP contribution in [-0.4, -0.2) is 22.0 Å². The van der Waals surface area contributed by atoms with Crippen molar-refractivity contribution in [1.29, 1.82) is 0 Å². The Hall–Kier alpha value is -1.40. The van der Waals surface area contributed by atoms with E-state index in [0.717, 1.165) is 15.9 Å². The maximum atomic E-state index is 13.7. The Kier molecular flexibility index (Phi) is 5.00.